The molecule has 5 heterocycles. The monoisotopic (exact) mass is 573 g/mol. The molecule has 0 amide bonds. The Kier molecular flexibility index (Phi) is 5.28. The SMILES string of the molecule is [Zn+2].c1ccc2c(c1)-c1cc3[n-]c(cc4nc(nc5[n-]c(cc-2n1)c1ccccc51)-c1ccccc1-4)c1ccccc31. The summed E-state index contributed by atoms with van der Waals surface area (Å²) in [5.41, 5.74) is 10.1. The molecule has 4 aromatic carbocycles. The third-order valence-electron chi connectivity index (χ3n) is 7.81. The molecule has 5 nitrogen and oxygen atoms in total. The van der Waals surface area contributed by atoms with E-state index in [0.29, 0.717) is 11.5 Å². The molecule has 8 bridgehead atoms. The van der Waals surface area contributed by atoms with Crippen LogP contribution in [0.5, 0.6) is 0 Å². The molecule has 0 radical (unpaired) electrons. The summed E-state index contributed by atoms with van der Waals surface area (Å²) in [4.78, 5) is 25.3. The molecule has 41 heavy (non-hydrogen) atoms. The summed E-state index contributed by atoms with van der Waals surface area (Å²) in [5, 5.41) is 4.20. The van der Waals surface area contributed by atoms with Crippen molar-refractivity contribution in [3.8, 4) is 45.2 Å². The third kappa shape index (κ3) is 3.61. The second kappa shape index (κ2) is 9.05. The summed E-state index contributed by atoms with van der Waals surface area (Å²) in [7, 11) is 0. The number of hydrogen-bond acceptors (Lipinski definition) is 3. The molecule has 2 aliphatic heterocycles. The molecule has 0 spiro atoms. The van der Waals surface area contributed by atoms with E-state index in [-0.39, 0.29) is 19.5 Å². The Labute approximate surface area is 247 Å². The summed E-state index contributed by atoms with van der Waals surface area (Å²) in [6, 6.07) is 39.4. The van der Waals surface area contributed by atoms with Crippen molar-refractivity contribution < 1.29 is 19.5 Å². The van der Waals surface area contributed by atoms with Crippen LogP contribution < -0.4 is 9.97 Å². The fourth-order valence-electron chi connectivity index (χ4n) is 5.95. The van der Waals surface area contributed by atoms with Crippen LogP contribution in [-0.4, -0.2) is 15.0 Å². The Hall–Kier alpha value is -4.93. The minimum atomic E-state index is 0. The Morgan fingerprint density at radius 2 is 0.805 bits per heavy atom. The van der Waals surface area contributed by atoms with Crippen molar-refractivity contribution in [3.63, 3.8) is 0 Å². The Morgan fingerprint density at radius 3 is 1.39 bits per heavy atom. The van der Waals surface area contributed by atoms with Crippen LogP contribution >= 0.6 is 0 Å². The van der Waals surface area contributed by atoms with E-state index in [1.54, 1.807) is 0 Å². The standard InChI is InChI=1S/C35H19N5.Zn/c1-3-11-22-20(9-1)28-17-29-21-10-2-4-12-23(21)31(37-29)19-33-25-14-6-8-16-27(25)35(39-33)40-34-26-15-7-5-13-24(26)32(38-34)18-30(22)36-28;/h1-19H;/q-2;+2. The van der Waals surface area contributed by atoms with Crippen LogP contribution in [0.15, 0.2) is 115 Å². The van der Waals surface area contributed by atoms with E-state index >= 15 is 0 Å². The van der Waals surface area contributed by atoms with Gasteiger partial charge in [-0.15, -0.1) is 11.0 Å². The van der Waals surface area contributed by atoms with Gasteiger partial charge in [-0.05, 0) is 50.9 Å². The topological polar surface area (TPSA) is 66.9 Å². The minimum Gasteiger partial charge on any atom is -0.657 e. The van der Waals surface area contributed by atoms with Crippen LogP contribution in [-0.2, 0) is 19.5 Å². The average molecular weight is 575 g/mol. The van der Waals surface area contributed by atoms with E-state index in [0.717, 1.165) is 77.4 Å². The first-order valence-corrected chi connectivity index (χ1v) is 13.3. The Bertz CT molecular complexity index is 2030. The van der Waals surface area contributed by atoms with E-state index in [1.165, 1.54) is 0 Å². The van der Waals surface area contributed by atoms with Gasteiger partial charge < -0.3 is 15.0 Å². The summed E-state index contributed by atoms with van der Waals surface area (Å²) in [6.45, 7) is 0. The van der Waals surface area contributed by atoms with Crippen LogP contribution in [0.4, 0.5) is 0 Å². The summed E-state index contributed by atoms with van der Waals surface area (Å²) in [5.74, 6) is 0.658. The Balaban J connectivity index is 0.00000256. The first-order chi connectivity index (χ1) is 19.8. The van der Waals surface area contributed by atoms with Crippen molar-refractivity contribution in [1.29, 1.82) is 0 Å². The van der Waals surface area contributed by atoms with Crippen LogP contribution in [0.25, 0.3) is 88.9 Å². The maximum Gasteiger partial charge on any atom is 2.00 e. The van der Waals surface area contributed by atoms with Crippen LogP contribution in [0.1, 0.15) is 0 Å². The summed E-state index contributed by atoms with van der Waals surface area (Å²) < 4.78 is 0. The van der Waals surface area contributed by atoms with Crippen molar-refractivity contribution in [2.24, 2.45) is 0 Å². The van der Waals surface area contributed by atoms with Crippen molar-refractivity contribution in [1.82, 2.24) is 24.9 Å². The van der Waals surface area contributed by atoms with Gasteiger partial charge in [-0.2, -0.15) is 0 Å². The first-order valence-electron chi connectivity index (χ1n) is 13.3. The molecule has 0 fully saturated rings. The molecular formula is C35H19N5Zn. The molecule has 0 N–H and O–H groups in total. The molecule has 9 rings (SSSR count). The van der Waals surface area contributed by atoms with Gasteiger partial charge in [0.15, 0.2) is 0 Å². The maximum absolute atomic E-state index is 5.11. The molecule has 7 aromatic rings. The molecule has 186 valence electrons. The minimum absolute atomic E-state index is 0. The van der Waals surface area contributed by atoms with Crippen molar-refractivity contribution >= 4 is 43.7 Å². The number of hydrogen-bond donors (Lipinski definition) is 0. The summed E-state index contributed by atoms with van der Waals surface area (Å²) >= 11 is 0. The van der Waals surface area contributed by atoms with Gasteiger partial charge in [0.2, 0.25) is 0 Å². The van der Waals surface area contributed by atoms with Crippen LogP contribution in [0.3, 0.4) is 0 Å². The van der Waals surface area contributed by atoms with Gasteiger partial charge >= 0.3 is 19.5 Å². The average Bonchev–Trinajstić information content (AvgIpc) is 3.73. The number of nitrogens with zero attached hydrogens (tertiary/aromatic N) is 5. The largest absolute Gasteiger partial charge is 2.00 e. The molecule has 2 aliphatic rings. The van der Waals surface area contributed by atoms with Gasteiger partial charge in [0.25, 0.3) is 0 Å². The number of aromatic nitrogens is 5. The van der Waals surface area contributed by atoms with Gasteiger partial charge in [0, 0.05) is 22.3 Å². The van der Waals surface area contributed by atoms with Crippen LogP contribution in [0.2, 0.25) is 0 Å². The Morgan fingerprint density at radius 1 is 0.390 bits per heavy atom. The van der Waals surface area contributed by atoms with Crippen molar-refractivity contribution in [2.75, 3.05) is 0 Å². The predicted molar refractivity (Wildman–Crippen MR) is 161 cm³/mol. The predicted octanol–water partition coefficient (Wildman–Crippen LogP) is 7.94. The van der Waals surface area contributed by atoms with Crippen LogP contribution in [0, 0.1) is 0 Å². The van der Waals surface area contributed by atoms with Crippen molar-refractivity contribution in [2.45, 2.75) is 0 Å². The molecule has 6 heteroatoms. The van der Waals surface area contributed by atoms with Gasteiger partial charge in [-0.1, -0.05) is 97.1 Å². The van der Waals surface area contributed by atoms with Gasteiger partial charge in [0.1, 0.15) is 0 Å². The normalized spacial score (nSPS) is 11.7. The third-order valence-corrected chi connectivity index (χ3v) is 7.81. The van der Waals surface area contributed by atoms with Gasteiger partial charge in [0.05, 0.1) is 22.9 Å². The molecule has 0 aliphatic carbocycles. The zero-order valence-electron chi connectivity index (χ0n) is 21.9. The zero-order valence-corrected chi connectivity index (χ0v) is 24.9. The smallest absolute Gasteiger partial charge is 0.657 e. The van der Waals surface area contributed by atoms with Crippen molar-refractivity contribution in [3.05, 3.63) is 115 Å². The zero-order chi connectivity index (χ0) is 26.2. The number of fused-ring (bicyclic) bond motifs is 20. The molecule has 0 unspecified atom stereocenters. The molecule has 0 saturated heterocycles. The first kappa shape index (κ1) is 23.9. The molecule has 0 saturated carbocycles. The van der Waals surface area contributed by atoms with E-state index in [1.807, 2.05) is 24.3 Å². The van der Waals surface area contributed by atoms with E-state index in [9.17, 15) is 0 Å². The molecular weight excluding hydrogens is 556 g/mol. The number of rotatable bonds is 0. The van der Waals surface area contributed by atoms with E-state index in [2.05, 4.69) is 91.0 Å². The summed E-state index contributed by atoms with van der Waals surface area (Å²) in [6.07, 6.45) is 0. The fraction of sp³-hybridized carbons (Fsp3) is 0. The van der Waals surface area contributed by atoms with Gasteiger partial charge in [-0.3, -0.25) is 4.98 Å². The molecule has 3 aromatic heterocycles. The quantitative estimate of drug-likeness (QED) is 0.172. The second-order valence-corrected chi connectivity index (χ2v) is 10.1. The van der Waals surface area contributed by atoms with E-state index < -0.39 is 0 Å². The number of benzene rings is 4. The fourth-order valence-corrected chi connectivity index (χ4v) is 5.95. The second-order valence-electron chi connectivity index (χ2n) is 10.1. The van der Waals surface area contributed by atoms with E-state index in [4.69, 9.17) is 24.9 Å². The maximum atomic E-state index is 5.11. The molecule has 0 atom stereocenters. The van der Waals surface area contributed by atoms with Gasteiger partial charge in [-0.25, -0.2) is 4.98 Å².